The van der Waals surface area contributed by atoms with E-state index in [0.717, 1.165) is 24.2 Å². The molecular formula is C8H10Cl2N2. The van der Waals surface area contributed by atoms with E-state index in [0.29, 0.717) is 10.3 Å². The van der Waals surface area contributed by atoms with E-state index >= 15 is 0 Å². The van der Waals surface area contributed by atoms with Gasteiger partial charge in [0.05, 0.1) is 11.4 Å². The minimum absolute atomic E-state index is 0.297. The Balaban J connectivity index is 3.19. The van der Waals surface area contributed by atoms with E-state index in [1.54, 1.807) is 0 Å². The van der Waals surface area contributed by atoms with Gasteiger partial charge in [-0.05, 0) is 12.8 Å². The number of nitrogens with zero attached hydrogens (tertiary/aromatic N) is 2. The first-order valence-electron chi connectivity index (χ1n) is 3.89. The maximum atomic E-state index is 5.72. The zero-order valence-corrected chi connectivity index (χ0v) is 8.58. The summed E-state index contributed by atoms with van der Waals surface area (Å²) >= 11 is 11.4. The molecule has 4 heteroatoms. The third-order valence-corrected chi connectivity index (χ3v) is 2.26. The van der Waals surface area contributed by atoms with Gasteiger partial charge in [-0.1, -0.05) is 37.0 Å². The van der Waals surface area contributed by atoms with E-state index in [1.165, 1.54) is 0 Å². The molecule has 1 aromatic heterocycles. The Bertz CT molecular complexity index is 258. The fraction of sp³-hybridized carbons (Fsp3) is 0.500. The molecule has 0 N–H and O–H groups in total. The first-order chi connectivity index (χ1) is 5.69. The summed E-state index contributed by atoms with van der Waals surface area (Å²) in [6, 6.07) is 0. The predicted octanol–water partition coefficient (Wildman–Crippen LogP) is 2.91. The summed E-state index contributed by atoms with van der Waals surface area (Å²) in [5.41, 5.74) is 1.87. The molecule has 1 heterocycles. The maximum Gasteiger partial charge on any atom is 0.166 e. The Morgan fingerprint density at radius 2 is 1.25 bits per heavy atom. The molecule has 0 bridgehead atoms. The molecule has 0 amide bonds. The summed E-state index contributed by atoms with van der Waals surface area (Å²) in [7, 11) is 0. The Labute approximate surface area is 81.9 Å². The molecule has 0 spiro atoms. The molecule has 0 atom stereocenters. The molecule has 0 fully saturated rings. The summed E-state index contributed by atoms with van der Waals surface area (Å²) < 4.78 is 0. The molecule has 1 rings (SSSR count). The van der Waals surface area contributed by atoms with Crippen LogP contribution in [0.4, 0.5) is 0 Å². The summed E-state index contributed by atoms with van der Waals surface area (Å²) in [6.45, 7) is 4.04. The van der Waals surface area contributed by atoms with Gasteiger partial charge in [0.1, 0.15) is 0 Å². The van der Waals surface area contributed by atoms with Crippen molar-refractivity contribution in [3.8, 4) is 0 Å². The lowest BCUT2D eigenvalue weighted by Gasteiger charge is -2.04. The van der Waals surface area contributed by atoms with Crippen LogP contribution in [0.1, 0.15) is 25.2 Å². The maximum absolute atomic E-state index is 5.72. The van der Waals surface area contributed by atoms with Gasteiger partial charge in [-0.3, -0.25) is 0 Å². The Morgan fingerprint density at radius 3 is 1.50 bits per heavy atom. The highest BCUT2D eigenvalue weighted by Crippen LogP contribution is 2.19. The molecule has 0 aliphatic rings. The second-order valence-electron chi connectivity index (χ2n) is 2.41. The quantitative estimate of drug-likeness (QED) is 0.741. The third kappa shape index (κ3) is 1.87. The monoisotopic (exact) mass is 204 g/mol. The van der Waals surface area contributed by atoms with Crippen LogP contribution < -0.4 is 0 Å². The van der Waals surface area contributed by atoms with E-state index in [4.69, 9.17) is 23.2 Å². The minimum Gasteiger partial charge on any atom is -0.236 e. The van der Waals surface area contributed by atoms with Crippen molar-refractivity contribution in [2.24, 2.45) is 0 Å². The van der Waals surface area contributed by atoms with Crippen molar-refractivity contribution in [3.63, 3.8) is 0 Å². The van der Waals surface area contributed by atoms with Crippen molar-refractivity contribution in [3.05, 3.63) is 21.7 Å². The van der Waals surface area contributed by atoms with Crippen LogP contribution in [0.25, 0.3) is 0 Å². The molecule has 1 aromatic rings. The first-order valence-corrected chi connectivity index (χ1v) is 4.65. The van der Waals surface area contributed by atoms with Crippen LogP contribution in [-0.4, -0.2) is 9.97 Å². The van der Waals surface area contributed by atoms with Crippen LogP contribution in [0.2, 0.25) is 10.3 Å². The third-order valence-electron chi connectivity index (χ3n) is 1.64. The zero-order chi connectivity index (χ0) is 9.14. The van der Waals surface area contributed by atoms with Gasteiger partial charge in [-0.25, -0.2) is 9.97 Å². The minimum atomic E-state index is 0.297. The van der Waals surface area contributed by atoms with Crippen LogP contribution in [0.3, 0.4) is 0 Å². The van der Waals surface area contributed by atoms with E-state index in [9.17, 15) is 0 Å². The van der Waals surface area contributed by atoms with Crippen molar-refractivity contribution in [2.75, 3.05) is 0 Å². The SMILES string of the molecule is CCc1nc(Cl)c(Cl)nc1CC. The lowest BCUT2D eigenvalue weighted by Crippen LogP contribution is -2.00. The Hall–Kier alpha value is -0.340. The van der Waals surface area contributed by atoms with Gasteiger partial charge in [0.15, 0.2) is 10.3 Å². The molecule has 0 saturated heterocycles. The molecule has 66 valence electrons. The molecular weight excluding hydrogens is 195 g/mol. The van der Waals surface area contributed by atoms with Crippen LogP contribution in [0.5, 0.6) is 0 Å². The summed E-state index contributed by atoms with van der Waals surface area (Å²) in [5, 5.41) is 0.594. The van der Waals surface area contributed by atoms with Crippen molar-refractivity contribution in [1.29, 1.82) is 0 Å². The van der Waals surface area contributed by atoms with E-state index in [2.05, 4.69) is 9.97 Å². The number of hydrogen-bond donors (Lipinski definition) is 0. The molecule has 0 aliphatic carbocycles. The Morgan fingerprint density at radius 1 is 0.917 bits per heavy atom. The summed E-state index contributed by atoms with van der Waals surface area (Å²) in [4.78, 5) is 8.27. The molecule has 12 heavy (non-hydrogen) atoms. The normalized spacial score (nSPS) is 10.3. The highest BCUT2D eigenvalue weighted by atomic mass is 35.5. The molecule has 0 aliphatic heterocycles. The van der Waals surface area contributed by atoms with Gasteiger partial charge in [0, 0.05) is 0 Å². The number of aromatic nitrogens is 2. The zero-order valence-electron chi connectivity index (χ0n) is 7.06. The largest absolute Gasteiger partial charge is 0.236 e. The van der Waals surface area contributed by atoms with E-state index in [-0.39, 0.29) is 0 Å². The molecule has 0 unspecified atom stereocenters. The van der Waals surface area contributed by atoms with Crippen LogP contribution in [0.15, 0.2) is 0 Å². The van der Waals surface area contributed by atoms with Gasteiger partial charge >= 0.3 is 0 Å². The number of rotatable bonds is 2. The Kier molecular flexibility index (Phi) is 3.29. The first kappa shape index (κ1) is 9.75. The van der Waals surface area contributed by atoms with Crippen molar-refractivity contribution in [2.45, 2.75) is 26.7 Å². The summed E-state index contributed by atoms with van der Waals surface area (Å²) in [5.74, 6) is 0. The number of halogens is 2. The topological polar surface area (TPSA) is 25.8 Å². The van der Waals surface area contributed by atoms with Crippen LogP contribution in [0, 0.1) is 0 Å². The van der Waals surface area contributed by atoms with Crippen molar-refractivity contribution in [1.82, 2.24) is 9.97 Å². The van der Waals surface area contributed by atoms with Gasteiger partial charge in [0.25, 0.3) is 0 Å². The number of aryl methyl sites for hydroxylation is 2. The molecule has 0 saturated carbocycles. The average Bonchev–Trinajstić information content (AvgIpc) is 2.09. The lowest BCUT2D eigenvalue weighted by atomic mass is 10.2. The van der Waals surface area contributed by atoms with Crippen LogP contribution >= 0.6 is 23.2 Å². The fourth-order valence-corrected chi connectivity index (χ4v) is 1.31. The molecule has 2 nitrogen and oxygen atoms in total. The highest BCUT2D eigenvalue weighted by Gasteiger charge is 2.07. The smallest absolute Gasteiger partial charge is 0.166 e. The van der Waals surface area contributed by atoms with Gasteiger partial charge in [0.2, 0.25) is 0 Å². The van der Waals surface area contributed by atoms with Crippen molar-refractivity contribution >= 4 is 23.2 Å². The highest BCUT2D eigenvalue weighted by molar-refractivity contribution is 6.40. The number of hydrogen-bond acceptors (Lipinski definition) is 2. The van der Waals surface area contributed by atoms with E-state index < -0.39 is 0 Å². The van der Waals surface area contributed by atoms with Crippen molar-refractivity contribution < 1.29 is 0 Å². The lowest BCUT2D eigenvalue weighted by molar-refractivity contribution is 0.904. The second kappa shape index (κ2) is 4.06. The van der Waals surface area contributed by atoms with Gasteiger partial charge in [-0.15, -0.1) is 0 Å². The van der Waals surface area contributed by atoms with Gasteiger partial charge < -0.3 is 0 Å². The standard InChI is InChI=1S/C8H10Cl2N2/c1-3-5-6(4-2)12-8(10)7(9)11-5/h3-4H2,1-2H3. The second-order valence-corrected chi connectivity index (χ2v) is 3.12. The fourth-order valence-electron chi connectivity index (χ4n) is 1.02. The summed E-state index contributed by atoms with van der Waals surface area (Å²) in [6.07, 6.45) is 1.68. The van der Waals surface area contributed by atoms with Crippen LogP contribution in [-0.2, 0) is 12.8 Å². The van der Waals surface area contributed by atoms with E-state index in [1.807, 2.05) is 13.8 Å². The predicted molar refractivity (Wildman–Crippen MR) is 50.8 cm³/mol. The molecule has 0 radical (unpaired) electrons. The molecule has 0 aromatic carbocycles. The average molecular weight is 205 g/mol. The van der Waals surface area contributed by atoms with Gasteiger partial charge in [-0.2, -0.15) is 0 Å².